The Bertz CT molecular complexity index is 2860. The molecule has 0 aliphatic carbocycles. The molecule has 2 heterocycles. The third-order valence-electron chi connectivity index (χ3n) is 9.97. The highest BCUT2D eigenvalue weighted by atomic mass is 35.5. The Kier molecular flexibility index (Phi) is 7.71. The first kappa shape index (κ1) is 31.4. The highest BCUT2D eigenvalue weighted by molar-refractivity contribution is 7.26. The van der Waals surface area contributed by atoms with E-state index in [1.807, 2.05) is 0 Å². The number of para-hydroxylation sites is 5. The van der Waals surface area contributed by atoms with Crippen molar-refractivity contribution >= 4 is 99.0 Å². The van der Waals surface area contributed by atoms with Crippen LogP contribution in [0, 0.1) is 0 Å². The van der Waals surface area contributed by atoms with Gasteiger partial charge in [-0.1, -0.05) is 103 Å². The summed E-state index contributed by atoms with van der Waals surface area (Å²) in [5.74, 6) is 0. The molecule has 5 heteroatoms. The molecule has 0 aliphatic rings. The smallest absolute Gasteiger partial charge is 0.0569 e. The van der Waals surface area contributed by atoms with Gasteiger partial charge in [0.15, 0.2) is 0 Å². The second-order valence-corrected chi connectivity index (χ2v) is 14.7. The van der Waals surface area contributed by atoms with Gasteiger partial charge in [-0.25, -0.2) is 0 Å². The monoisotopic (exact) mass is 717 g/mol. The number of thiophene rings is 1. The first-order chi connectivity index (χ1) is 26.2. The van der Waals surface area contributed by atoms with Crippen LogP contribution in [0.25, 0.3) is 47.7 Å². The molecule has 10 aromatic rings. The lowest BCUT2D eigenvalue weighted by Gasteiger charge is -2.27. The lowest BCUT2D eigenvalue weighted by atomic mass is 10.1. The van der Waals surface area contributed by atoms with Crippen LogP contribution in [0.1, 0.15) is 0 Å². The van der Waals surface area contributed by atoms with E-state index in [4.69, 9.17) is 11.6 Å². The second-order valence-electron chi connectivity index (χ2n) is 13.1. The van der Waals surface area contributed by atoms with Gasteiger partial charge in [0.25, 0.3) is 0 Å². The maximum absolute atomic E-state index is 7.02. The summed E-state index contributed by atoms with van der Waals surface area (Å²) in [6.45, 7) is 0. The van der Waals surface area contributed by atoms with Crippen molar-refractivity contribution in [2.75, 3.05) is 9.80 Å². The molecular formula is C48H32ClN3S. The number of hydrogen-bond acceptors (Lipinski definition) is 3. The number of fused-ring (bicyclic) bond motifs is 6. The normalized spacial score (nSPS) is 11.5. The summed E-state index contributed by atoms with van der Waals surface area (Å²) in [5, 5.41) is 5.48. The molecule has 0 unspecified atom stereocenters. The Labute approximate surface area is 316 Å². The van der Waals surface area contributed by atoms with Crippen molar-refractivity contribution in [3.63, 3.8) is 0 Å². The molecule has 0 saturated heterocycles. The van der Waals surface area contributed by atoms with Crippen molar-refractivity contribution in [3.8, 4) is 5.69 Å². The van der Waals surface area contributed by atoms with Gasteiger partial charge in [0.2, 0.25) is 0 Å². The van der Waals surface area contributed by atoms with E-state index >= 15 is 0 Å². The molecule has 252 valence electrons. The standard InChI is InChI=1S/C48H32ClN3S/c49-33-29-45(48-42-32-38(26-28-46(42)53-47(48)30-33)50(34-15-5-1-6-16-34)35-17-7-2-8-18-35)51(36-19-9-3-10-20-36)39-25-27-44-41(31-39)40-23-13-14-24-43(40)52(44)37-21-11-4-12-22-37/h1-32H. The third kappa shape index (κ3) is 5.43. The van der Waals surface area contributed by atoms with E-state index in [0.717, 1.165) is 50.0 Å². The van der Waals surface area contributed by atoms with Crippen molar-refractivity contribution in [3.05, 3.63) is 199 Å². The summed E-state index contributed by atoms with van der Waals surface area (Å²) in [6, 6.07) is 69.0. The first-order valence-electron chi connectivity index (χ1n) is 17.7. The number of aromatic nitrogens is 1. The largest absolute Gasteiger partial charge is 0.310 e. The molecule has 0 fully saturated rings. The Morgan fingerprint density at radius 2 is 0.925 bits per heavy atom. The number of rotatable bonds is 7. The summed E-state index contributed by atoms with van der Waals surface area (Å²) < 4.78 is 4.72. The van der Waals surface area contributed by atoms with Crippen LogP contribution in [0.5, 0.6) is 0 Å². The van der Waals surface area contributed by atoms with Gasteiger partial charge >= 0.3 is 0 Å². The number of benzene rings is 8. The van der Waals surface area contributed by atoms with Gasteiger partial charge in [0.05, 0.1) is 16.7 Å². The lowest BCUT2D eigenvalue weighted by Crippen LogP contribution is -2.10. The van der Waals surface area contributed by atoms with Gasteiger partial charge < -0.3 is 14.4 Å². The molecule has 0 atom stereocenters. The molecule has 53 heavy (non-hydrogen) atoms. The fourth-order valence-electron chi connectivity index (χ4n) is 7.72. The van der Waals surface area contributed by atoms with Crippen molar-refractivity contribution in [2.24, 2.45) is 0 Å². The van der Waals surface area contributed by atoms with Crippen LogP contribution >= 0.6 is 22.9 Å². The number of anilines is 6. The Morgan fingerprint density at radius 1 is 0.396 bits per heavy atom. The minimum atomic E-state index is 0.706. The van der Waals surface area contributed by atoms with Gasteiger partial charge in [-0.15, -0.1) is 11.3 Å². The zero-order valence-corrected chi connectivity index (χ0v) is 30.2. The van der Waals surface area contributed by atoms with Gasteiger partial charge in [0, 0.05) is 70.1 Å². The van der Waals surface area contributed by atoms with Crippen LogP contribution < -0.4 is 9.80 Å². The summed E-state index contributed by atoms with van der Waals surface area (Å²) in [5.41, 5.74) is 9.96. The highest BCUT2D eigenvalue weighted by Gasteiger charge is 2.22. The van der Waals surface area contributed by atoms with Gasteiger partial charge in [-0.3, -0.25) is 0 Å². The molecule has 0 N–H and O–H groups in total. The van der Waals surface area contributed by atoms with Crippen molar-refractivity contribution in [1.82, 2.24) is 4.57 Å². The average molecular weight is 718 g/mol. The molecule has 0 radical (unpaired) electrons. The minimum Gasteiger partial charge on any atom is -0.310 e. The minimum absolute atomic E-state index is 0.706. The molecule has 0 aliphatic heterocycles. The summed E-state index contributed by atoms with van der Waals surface area (Å²) in [6.07, 6.45) is 0. The molecular weight excluding hydrogens is 686 g/mol. The molecule has 10 rings (SSSR count). The molecule has 0 saturated carbocycles. The van der Waals surface area contributed by atoms with E-state index in [1.165, 1.54) is 31.8 Å². The molecule has 2 aromatic heterocycles. The highest BCUT2D eigenvalue weighted by Crippen LogP contribution is 2.49. The van der Waals surface area contributed by atoms with Gasteiger partial charge in [0.1, 0.15) is 0 Å². The summed E-state index contributed by atoms with van der Waals surface area (Å²) >= 11 is 8.81. The topological polar surface area (TPSA) is 11.4 Å². The van der Waals surface area contributed by atoms with E-state index in [9.17, 15) is 0 Å². The molecule has 3 nitrogen and oxygen atoms in total. The van der Waals surface area contributed by atoms with Crippen molar-refractivity contribution < 1.29 is 0 Å². The van der Waals surface area contributed by atoms with Crippen LogP contribution in [0.15, 0.2) is 194 Å². The van der Waals surface area contributed by atoms with Crippen LogP contribution in [-0.4, -0.2) is 4.57 Å². The van der Waals surface area contributed by atoms with E-state index < -0.39 is 0 Å². The fourth-order valence-corrected chi connectivity index (χ4v) is 9.14. The van der Waals surface area contributed by atoms with E-state index in [-0.39, 0.29) is 0 Å². The summed E-state index contributed by atoms with van der Waals surface area (Å²) in [4.78, 5) is 4.69. The predicted molar refractivity (Wildman–Crippen MR) is 228 cm³/mol. The second kappa shape index (κ2) is 13.0. The number of halogens is 1. The van der Waals surface area contributed by atoms with Gasteiger partial charge in [-0.2, -0.15) is 0 Å². The van der Waals surface area contributed by atoms with Crippen molar-refractivity contribution in [2.45, 2.75) is 0 Å². The maximum atomic E-state index is 7.02. The van der Waals surface area contributed by atoms with Crippen LogP contribution in [-0.2, 0) is 0 Å². The van der Waals surface area contributed by atoms with Crippen molar-refractivity contribution in [1.29, 1.82) is 0 Å². The molecule has 0 spiro atoms. The molecule has 0 amide bonds. The van der Waals surface area contributed by atoms with Crippen LogP contribution in [0.2, 0.25) is 5.02 Å². The number of hydrogen-bond donors (Lipinski definition) is 0. The van der Waals surface area contributed by atoms with Crippen LogP contribution in [0.3, 0.4) is 0 Å². The quantitative estimate of drug-likeness (QED) is 0.163. The van der Waals surface area contributed by atoms with E-state index in [0.29, 0.717) is 5.02 Å². The zero-order valence-electron chi connectivity index (χ0n) is 28.6. The van der Waals surface area contributed by atoms with E-state index in [1.54, 1.807) is 11.3 Å². The van der Waals surface area contributed by atoms with Crippen LogP contribution in [0.4, 0.5) is 34.1 Å². The average Bonchev–Trinajstić information content (AvgIpc) is 3.74. The zero-order chi connectivity index (χ0) is 35.3. The Balaban J connectivity index is 1.22. The summed E-state index contributed by atoms with van der Waals surface area (Å²) in [7, 11) is 0. The predicted octanol–water partition coefficient (Wildman–Crippen LogP) is 14.7. The molecule has 8 aromatic carbocycles. The Hall–Kier alpha value is -6.33. The first-order valence-corrected chi connectivity index (χ1v) is 18.9. The number of nitrogens with zero attached hydrogens (tertiary/aromatic N) is 3. The Morgan fingerprint density at radius 3 is 1.60 bits per heavy atom. The van der Waals surface area contributed by atoms with Gasteiger partial charge in [-0.05, 0) is 103 Å². The lowest BCUT2D eigenvalue weighted by molar-refractivity contribution is 1.18. The molecule has 0 bridgehead atoms. The fraction of sp³-hybridized carbons (Fsp3) is 0. The maximum Gasteiger partial charge on any atom is 0.0569 e. The third-order valence-corrected chi connectivity index (χ3v) is 11.3. The van der Waals surface area contributed by atoms with E-state index in [2.05, 4.69) is 208 Å². The SMILES string of the molecule is Clc1cc(N(c2ccccc2)c2ccc3c(c2)c2ccccc2n3-c2ccccc2)c2c(c1)sc1ccc(N(c3ccccc3)c3ccccc3)cc12.